The van der Waals surface area contributed by atoms with Crippen LogP contribution in [0.2, 0.25) is 0 Å². The van der Waals surface area contributed by atoms with Crippen LogP contribution in [0.25, 0.3) is 0 Å². The molecule has 2 aromatic rings. The minimum absolute atomic E-state index is 0.149. The molecular weight excluding hydrogens is 257 g/mol. The van der Waals surface area contributed by atoms with E-state index in [0.717, 1.165) is 4.34 Å². The Morgan fingerprint density at radius 1 is 1.41 bits per heavy atom. The van der Waals surface area contributed by atoms with Crippen LogP contribution in [0.4, 0.5) is 4.39 Å². The smallest absolute Gasteiger partial charge is 0.170 e. The van der Waals surface area contributed by atoms with Gasteiger partial charge in [-0.1, -0.05) is 30.0 Å². The molecule has 0 aliphatic carbocycles. The van der Waals surface area contributed by atoms with Crippen LogP contribution in [0, 0.1) is 5.82 Å². The molecule has 0 aliphatic heterocycles. The lowest BCUT2D eigenvalue weighted by Gasteiger charge is -2.19. The van der Waals surface area contributed by atoms with E-state index in [4.69, 9.17) is 5.73 Å². The molecule has 2 N–H and O–H groups in total. The van der Waals surface area contributed by atoms with Crippen LogP contribution in [-0.4, -0.2) is 15.4 Å². The number of hydrogen-bond donors (Lipinski definition) is 1. The molecule has 1 aromatic carbocycles. The van der Waals surface area contributed by atoms with Crippen molar-refractivity contribution in [3.63, 3.8) is 0 Å². The van der Waals surface area contributed by atoms with Crippen molar-refractivity contribution in [2.75, 3.05) is 0 Å². The second-order valence-electron chi connectivity index (χ2n) is 3.63. The maximum absolute atomic E-state index is 13.7. The summed E-state index contributed by atoms with van der Waals surface area (Å²) >= 11 is 2.74. The predicted molar refractivity (Wildman–Crippen MR) is 68.6 cm³/mol. The molecule has 0 saturated heterocycles. The summed E-state index contributed by atoms with van der Waals surface area (Å²) in [5, 5.41) is -0.149. The average molecular weight is 269 g/mol. The fourth-order valence-electron chi connectivity index (χ4n) is 1.48. The Bertz CT molecular complexity index is 473. The molecule has 6 heteroatoms. The number of nitrogens with zero attached hydrogens (tertiary/aromatic N) is 2. The zero-order chi connectivity index (χ0) is 12.3. The lowest BCUT2D eigenvalue weighted by atomic mass is 10.1. The lowest BCUT2D eigenvalue weighted by Crippen LogP contribution is -2.23. The molecule has 0 bridgehead atoms. The van der Waals surface area contributed by atoms with Crippen LogP contribution in [-0.2, 0) is 0 Å². The van der Waals surface area contributed by atoms with Crippen molar-refractivity contribution in [3.8, 4) is 0 Å². The van der Waals surface area contributed by atoms with Crippen LogP contribution in [0.1, 0.15) is 17.7 Å². The second-order valence-corrected chi connectivity index (χ2v) is 5.80. The van der Waals surface area contributed by atoms with Gasteiger partial charge >= 0.3 is 0 Å². The highest BCUT2D eigenvalue weighted by atomic mass is 32.2. The minimum atomic E-state index is -0.230. The maximum Gasteiger partial charge on any atom is 0.170 e. The summed E-state index contributed by atoms with van der Waals surface area (Å²) in [6.45, 7) is 1.87. The number of hydrogen-bond acceptors (Lipinski definition) is 5. The van der Waals surface area contributed by atoms with Crippen LogP contribution >= 0.6 is 23.3 Å². The van der Waals surface area contributed by atoms with E-state index in [1.165, 1.54) is 35.7 Å². The molecule has 3 nitrogen and oxygen atoms in total. The predicted octanol–water partition coefficient (Wildman–Crippen LogP) is 2.86. The number of nitrogens with two attached hydrogens (primary N) is 1. The summed E-state index contributed by atoms with van der Waals surface area (Å²) in [7, 11) is 0. The SMILES string of the molecule is CC(N)C(Sc1ncns1)c1ccccc1F. The van der Waals surface area contributed by atoms with Gasteiger partial charge in [0.1, 0.15) is 12.1 Å². The third-order valence-corrected chi connectivity index (χ3v) is 4.48. The van der Waals surface area contributed by atoms with E-state index < -0.39 is 0 Å². The summed E-state index contributed by atoms with van der Waals surface area (Å²) in [5.74, 6) is -0.230. The van der Waals surface area contributed by atoms with Crippen LogP contribution < -0.4 is 5.73 Å². The fraction of sp³-hybridized carbons (Fsp3) is 0.273. The van der Waals surface area contributed by atoms with Crippen LogP contribution in [0.3, 0.4) is 0 Å². The molecule has 90 valence electrons. The van der Waals surface area contributed by atoms with E-state index in [1.807, 2.05) is 13.0 Å². The number of aromatic nitrogens is 2. The van der Waals surface area contributed by atoms with Gasteiger partial charge in [0.2, 0.25) is 0 Å². The topological polar surface area (TPSA) is 51.8 Å². The molecule has 0 radical (unpaired) electrons. The Kier molecular flexibility index (Phi) is 4.09. The van der Waals surface area contributed by atoms with Crippen molar-refractivity contribution in [1.82, 2.24) is 9.36 Å². The molecule has 0 saturated carbocycles. The van der Waals surface area contributed by atoms with Crippen molar-refractivity contribution in [3.05, 3.63) is 42.0 Å². The quantitative estimate of drug-likeness (QED) is 0.867. The first kappa shape index (κ1) is 12.5. The van der Waals surface area contributed by atoms with Gasteiger partial charge < -0.3 is 5.73 Å². The summed E-state index contributed by atoms with van der Waals surface area (Å²) in [5.41, 5.74) is 6.54. The monoisotopic (exact) mass is 269 g/mol. The zero-order valence-electron chi connectivity index (χ0n) is 9.21. The Hall–Kier alpha value is -0.980. The van der Waals surface area contributed by atoms with E-state index in [1.54, 1.807) is 12.1 Å². The molecule has 1 aromatic heterocycles. The maximum atomic E-state index is 13.7. The van der Waals surface area contributed by atoms with E-state index in [2.05, 4.69) is 9.36 Å². The van der Waals surface area contributed by atoms with Gasteiger partial charge in [-0.05, 0) is 24.5 Å². The highest BCUT2D eigenvalue weighted by molar-refractivity contribution is 8.01. The molecule has 1 heterocycles. The summed E-state index contributed by atoms with van der Waals surface area (Å²) in [6, 6.07) is 6.53. The lowest BCUT2D eigenvalue weighted by molar-refractivity contribution is 0.592. The van der Waals surface area contributed by atoms with E-state index in [-0.39, 0.29) is 17.1 Å². The first-order valence-corrected chi connectivity index (χ1v) is 6.77. The Labute approximate surface area is 107 Å². The first-order valence-electron chi connectivity index (χ1n) is 5.12. The van der Waals surface area contributed by atoms with Gasteiger partial charge in [-0.2, -0.15) is 4.37 Å². The van der Waals surface area contributed by atoms with Gasteiger partial charge in [0, 0.05) is 11.6 Å². The van der Waals surface area contributed by atoms with Crippen LogP contribution in [0.5, 0.6) is 0 Å². The first-order chi connectivity index (χ1) is 8.18. The third kappa shape index (κ3) is 3.02. The van der Waals surface area contributed by atoms with E-state index in [0.29, 0.717) is 5.56 Å². The standard InChI is InChI=1S/C11H12FN3S2/c1-7(13)10(16-11-14-6-15-17-11)8-4-2-3-5-9(8)12/h2-7,10H,13H2,1H3. The average Bonchev–Trinajstić information content (AvgIpc) is 2.79. The summed E-state index contributed by atoms with van der Waals surface area (Å²) < 4.78 is 18.5. The summed E-state index contributed by atoms with van der Waals surface area (Å²) in [6.07, 6.45) is 1.49. The molecule has 0 amide bonds. The normalized spacial score (nSPS) is 14.5. The van der Waals surface area contributed by atoms with Crippen molar-refractivity contribution in [2.24, 2.45) is 5.73 Å². The number of benzene rings is 1. The molecule has 0 spiro atoms. The fourth-order valence-corrected chi connectivity index (χ4v) is 3.23. The minimum Gasteiger partial charge on any atom is -0.327 e. The molecular formula is C11H12FN3S2. The molecule has 2 atom stereocenters. The molecule has 2 unspecified atom stereocenters. The highest BCUT2D eigenvalue weighted by Crippen LogP contribution is 2.38. The highest BCUT2D eigenvalue weighted by Gasteiger charge is 2.22. The molecule has 0 fully saturated rings. The van der Waals surface area contributed by atoms with E-state index >= 15 is 0 Å². The number of thioether (sulfide) groups is 1. The van der Waals surface area contributed by atoms with Gasteiger partial charge in [-0.3, -0.25) is 0 Å². The number of halogens is 1. The van der Waals surface area contributed by atoms with E-state index in [9.17, 15) is 4.39 Å². The van der Waals surface area contributed by atoms with Crippen molar-refractivity contribution in [2.45, 2.75) is 22.6 Å². The molecule has 2 rings (SSSR count). The van der Waals surface area contributed by atoms with Gasteiger partial charge in [0.25, 0.3) is 0 Å². The second kappa shape index (κ2) is 5.57. The number of rotatable bonds is 4. The Morgan fingerprint density at radius 2 is 2.18 bits per heavy atom. The zero-order valence-corrected chi connectivity index (χ0v) is 10.8. The van der Waals surface area contributed by atoms with Gasteiger partial charge in [0.15, 0.2) is 4.34 Å². The van der Waals surface area contributed by atoms with Crippen molar-refractivity contribution in [1.29, 1.82) is 0 Å². The third-order valence-electron chi connectivity index (χ3n) is 2.26. The van der Waals surface area contributed by atoms with Crippen LogP contribution in [0.15, 0.2) is 34.9 Å². The molecule has 17 heavy (non-hydrogen) atoms. The van der Waals surface area contributed by atoms with Gasteiger partial charge in [0.05, 0.1) is 5.25 Å². The Morgan fingerprint density at radius 3 is 2.76 bits per heavy atom. The Balaban J connectivity index is 2.27. The summed E-state index contributed by atoms with van der Waals surface area (Å²) in [4.78, 5) is 4.09. The molecule has 0 aliphatic rings. The van der Waals surface area contributed by atoms with Gasteiger partial charge in [-0.25, -0.2) is 9.37 Å². The van der Waals surface area contributed by atoms with Crippen molar-refractivity contribution >= 4 is 23.3 Å². The van der Waals surface area contributed by atoms with Gasteiger partial charge in [-0.15, -0.1) is 0 Å². The largest absolute Gasteiger partial charge is 0.327 e. The van der Waals surface area contributed by atoms with Crippen molar-refractivity contribution < 1.29 is 4.39 Å².